The third-order valence-electron chi connectivity index (χ3n) is 6.13. The molecule has 4 rings (SSSR count). The largest absolute Gasteiger partial charge is 0.490 e. The quantitative estimate of drug-likeness (QED) is 0.522. The van der Waals surface area contributed by atoms with Crippen LogP contribution in [0.4, 0.5) is 5.82 Å². The van der Waals surface area contributed by atoms with E-state index in [0.29, 0.717) is 18.7 Å². The number of benzene rings is 1. The maximum atomic E-state index is 6.16. The molecule has 1 aliphatic carbocycles. The molecule has 1 aromatic carbocycles. The fourth-order valence-corrected chi connectivity index (χ4v) is 4.00. The number of guanidine groups is 1. The molecule has 0 amide bonds. The van der Waals surface area contributed by atoms with E-state index >= 15 is 0 Å². The molecule has 0 spiro atoms. The molecule has 2 N–H and O–H groups in total. The topological polar surface area (TPSA) is 61.8 Å². The van der Waals surface area contributed by atoms with Crippen LogP contribution >= 0.6 is 0 Å². The summed E-state index contributed by atoms with van der Waals surface area (Å²) in [4.78, 5) is 11.8. The van der Waals surface area contributed by atoms with E-state index in [2.05, 4.69) is 64.7 Å². The second kappa shape index (κ2) is 10.5. The third-order valence-corrected chi connectivity index (χ3v) is 6.13. The van der Waals surface area contributed by atoms with Crippen molar-refractivity contribution in [3.8, 4) is 5.75 Å². The summed E-state index contributed by atoms with van der Waals surface area (Å²) in [5, 5.41) is 7.05. The summed E-state index contributed by atoms with van der Waals surface area (Å²) in [7, 11) is 0. The van der Waals surface area contributed by atoms with Gasteiger partial charge in [0.05, 0.1) is 12.6 Å². The Hall–Kier alpha value is -2.76. The monoisotopic (exact) mass is 421 g/mol. The lowest BCUT2D eigenvalue weighted by Crippen LogP contribution is -2.48. The van der Waals surface area contributed by atoms with E-state index in [4.69, 9.17) is 9.73 Å². The first-order valence-corrected chi connectivity index (χ1v) is 11.7. The number of aryl methyl sites for hydroxylation is 1. The summed E-state index contributed by atoms with van der Waals surface area (Å²) in [6.45, 7) is 7.65. The van der Waals surface area contributed by atoms with Gasteiger partial charge in [0, 0.05) is 37.4 Å². The summed E-state index contributed by atoms with van der Waals surface area (Å²) in [6.07, 6.45) is 8.07. The van der Waals surface area contributed by atoms with Gasteiger partial charge in [0.25, 0.3) is 0 Å². The standard InChI is InChI=1S/C25H35N5O/c1-3-26-25(28-18-20-7-4-5-10-23(20)31-22-8-6-9-22)29-21-13-15-30(16-14-21)24-12-11-19(2)17-27-24/h4-5,7,10-12,17,21-22H,3,6,8-9,13-16,18H2,1-2H3,(H2,26,28,29). The van der Waals surface area contributed by atoms with Crippen LogP contribution in [0.5, 0.6) is 5.75 Å². The van der Waals surface area contributed by atoms with Gasteiger partial charge in [-0.25, -0.2) is 9.98 Å². The summed E-state index contributed by atoms with van der Waals surface area (Å²) in [6, 6.07) is 13.0. The smallest absolute Gasteiger partial charge is 0.191 e. The van der Waals surface area contributed by atoms with Crippen molar-refractivity contribution < 1.29 is 4.74 Å². The fourth-order valence-electron chi connectivity index (χ4n) is 4.00. The first-order chi connectivity index (χ1) is 15.2. The Morgan fingerprint density at radius 3 is 2.61 bits per heavy atom. The molecule has 0 bridgehead atoms. The van der Waals surface area contributed by atoms with Gasteiger partial charge in [-0.1, -0.05) is 24.3 Å². The third kappa shape index (κ3) is 5.90. The number of anilines is 1. The highest BCUT2D eigenvalue weighted by Gasteiger charge is 2.22. The van der Waals surface area contributed by atoms with E-state index in [1.807, 2.05) is 12.3 Å². The van der Waals surface area contributed by atoms with Crippen molar-refractivity contribution in [1.82, 2.24) is 15.6 Å². The molecular formula is C25H35N5O. The number of nitrogens with zero attached hydrogens (tertiary/aromatic N) is 3. The van der Waals surface area contributed by atoms with Crippen LogP contribution < -0.4 is 20.3 Å². The second-order valence-corrected chi connectivity index (χ2v) is 8.57. The Labute approximate surface area is 186 Å². The first-order valence-electron chi connectivity index (χ1n) is 11.7. The minimum Gasteiger partial charge on any atom is -0.490 e. The lowest BCUT2D eigenvalue weighted by atomic mass is 9.96. The predicted octanol–water partition coefficient (Wildman–Crippen LogP) is 4.05. The predicted molar refractivity (Wildman–Crippen MR) is 127 cm³/mol. The number of aliphatic imine (C=N–C) groups is 1. The molecule has 0 radical (unpaired) electrons. The van der Waals surface area contributed by atoms with E-state index < -0.39 is 0 Å². The molecule has 1 saturated heterocycles. The number of rotatable bonds is 7. The summed E-state index contributed by atoms with van der Waals surface area (Å²) in [5.74, 6) is 2.94. The van der Waals surface area contributed by atoms with Gasteiger partial charge < -0.3 is 20.3 Å². The molecule has 2 aromatic rings. The average molecular weight is 422 g/mol. The van der Waals surface area contributed by atoms with Crippen LogP contribution in [0.25, 0.3) is 0 Å². The number of ether oxygens (including phenoxy) is 1. The van der Waals surface area contributed by atoms with Gasteiger partial charge in [0.15, 0.2) is 5.96 Å². The zero-order valence-electron chi connectivity index (χ0n) is 18.8. The summed E-state index contributed by atoms with van der Waals surface area (Å²) in [5.41, 5.74) is 2.35. The molecule has 1 saturated carbocycles. The number of hydrogen-bond acceptors (Lipinski definition) is 4. The molecule has 6 nitrogen and oxygen atoms in total. The Balaban J connectivity index is 1.33. The van der Waals surface area contributed by atoms with Crippen LogP contribution in [-0.2, 0) is 6.54 Å². The van der Waals surface area contributed by atoms with Crippen LogP contribution in [0.15, 0.2) is 47.6 Å². The fraction of sp³-hybridized carbons (Fsp3) is 0.520. The summed E-state index contributed by atoms with van der Waals surface area (Å²) < 4.78 is 6.16. The van der Waals surface area contributed by atoms with Gasteiger partial charge in [0.1, 0.15) is 11.6 Å². The van der Waals surface area contributed by atoms with Gasteiger partial charge in [0.2, 0.25) is 0 Å². The Bertz CT molecular complexity index is 854. The van der Waals surface area contributed by atoms with Gasteiger partial charge in [-0.3, -0.25) is 0 Å². The molecule has 31 heavy (non-hydrogen) atoms. The summed E-state index contributed by atoms with van der Waals surface area (Å²) >= 11 is 0. The number of pyridine rings is 1. The highest BCUT2D eigenvalue weighted by molar-refractivity contribution is 5.80. The Morgan fingerprint density at radius 1 is 1.13 bits per heavy atom. The van der Waals surface area contributed by atoms with E-state index in [-0.39, 0.29) is 0 Å². The maximum absolute atomic E-state index is 6.16. The van der Waals surface area contributed by atoms with Gasteiger partial charge in [-0.2, -0.15) is 0 Å². The molecule has 2 heterocycles. The van der Waals surface area contributed by atoms with E-state index in [0.717, 1.165) is 55.6 Å². The SMILES string of the molecule is CCNC(=NCc1ccccc1OC1CCC1)NC1CCN(c2ccc(C)cn2)CC1. The number of piperidine rings is 1. The second-order valence-electron chi connectivity index (χ2n) is 8.57. The Morgan fingerprint density at radius 2 is 1.94 bits per heavy atom. The minimum absolute atomic E-state index is 0.379. The van der Waals surface area contributed by atoms with Crippen molar-refractivity contribution in [2.24, 2.45) is 4.99 Å². The molecule has 0 unspecified atom stereocenters. The van der Waals surface area contributed by atoms with Crippen LogP contribution in [-0.4, -0.2) is 42.7 Å². The molecule has 6 heteroatoms. The van der Waals surface area contributed by atoms with E-state index in [1.165, 1.54) is 24.8 Å². The molecule has 2 fully saturated rings. The van der Waals surface area contributed by atoms with Crippen LogP contribution in [0.3, 0.4) is 0 Å². The van der Waals surface area contributed by atoms with Gasteiger partial charge >= 0.3 is 0 Å². The Kier molecular flexibility index (Phi) is 7.28. The van der Waals surface area contributed by atoms with Crippen molar-refractivity contribution in [3.63, 3.8) is 0 Å². The maximum Gasteiger partial charge on any atom is 0.191 e. The number of para-hydroxylation sites is 1. The van der Waals surface area contributed by atoms with Crippen LogP contribution in [0.2, 0.25) is 0 Å². The normalized spacial score (nSPS) is 17.9. The molecule has 1 aromatic heterocycles. The highest BCUT2D eigenvalue weighted by Crippen LogP contribution is 2.28. The number of nitrogens with one attached hydrogen (secondary N) is 2. The average Bonchev–Trinajstić information content (AvgIpc) is 2.76. The van der Waals surface area contributed by atoms with E-state index in [9.17, 15) is 0 Å². The molecule has 1 aliphatic heterocycles. The molecular weight excluding hydrogens is 386 g/mol. The number of hydrogen-bond donors (Lipinski definition) is 2. The van der Waals surface area contributed by atoms with Crippen molar-refractivity contribution in [1.29, 1.82) is 0 Å². The molecule has 2 aliphatic rings. The first kappa shape index (κ1) is 21.5. The highest BCUT2D eigenvalue weighted by atomic mass is 16.5. The lowest BCUT2D eigenvalue weighted by molar-refractivity contribution is 0.119. The minimum atomic E-state index is 0.379. The van der Waals surface area contributed by atoms with Crippen molar-refractivity contribution in [2.75, 3.05) is 24.5 Å². The zero-order chi connectivity index (χ0) is 21.5. The van der Waals surface area contributed by atoms with E-state index in [1.54, 1.807) is 0 Å². The van der Waals surface area contributed by atoms with Crippen molar-refractivity contribution >= 4 is 11.8 Å². The molecule has 166 valence electrons. The van der Waals surface area contributed by atoms with Gasteiger partial charge in [-0.15, -0.1) is 0 Å². The van der Waals surface area contributed by atoms with Crippen molar-refractivity contribution in [3.05, 3.63) is 53.7 Å². The lowest BCUT2D eigenvalue weighted by Gasteiger charge is -2.34. The number of aromatic nitrogens is 1. The van der Waals surface area contributed by atoms with Crippen LogP contribution in [0, 0.1) is 6.92 Å². The van der Waals surface area contributed by atoms with Crippen molar-refractivity contribution in [2.45, 2.75) is 64.6 Å². The van der Waals surface area contributed by atoms with Gasteiger partial charge in [-0.05, 0) is 63.6 Å². The zero-order valence-corrected chi connectivity index (χ0v) is 18.8. The molecule has 0 atom stereocenters. The van der Waals surface area contributed by atoms with Crippen LogP contribution in [0.1, 0.15) is 50.2 Å².